The van der Waals surface area contributed by atoms with Crippen LogP contribution in [0.2, 0.25) is 0 Å². The lowest BCUT2D eigenvalue weighted by Gasteiger charge is -2.24. The molecule has 0 saturated heterocycles. The maximum atomic E-state index is 3.65. The van der Waals surface area contributed by atoms with E-state index in [1.165, 1.54) is 45.8 Å². The van der Waals surface area contributed by atoms with Gasteiger partial charge in [-0.1, -0.05) is 32.9 Å². The Labute approximate surface area is 141 Å². The lowest BCUT2D eigenvalue weighted by molar-refractivity contribution is 0.303. The molecule has 21 heavy (non-hydrogen) atoms. The van der Waals surface area contributed by atoms with Crippen LogP contribution in [0.4, 0.5) is 0 Å². The van der Waals surface area contributed by atoms with Gasteiger partial charge in [0, 0.05) is 9.17 Å². The van der Waals surface area contributed by atoms with Gasteiger partial charge < -0.3 is 5.32 Å². The normalized spacial score (nSPS) is 12.2. The summed E-state index contributed by atoms with van der Waals surface area (Å²) >= 11 is 5.51. The summed E-state index contributed by atoms with van der Waals surface area (Å²) in [6.07, 6.45) is 4.89. The van der Waals surface area contributed by atoms with Crippen LogP contribution < -0.4 is 5.32 Å². The number of fused-ring (bicyclic) bond motifs is 1. The van der Waals surface area contributed by atoms with Crippen molar-refractivity contribution in [3.8, 4) is 0 Å². The third-order valence-corrected chi connectivity index (χ3v) is 6.11. The van der Waals surface area contributed by atoms with E-state index < -0.39 is 0 Å². The van der Waals surface area contributed by atoms with E-state index in [0.29, 0.717) is 5.41 Å². The van der Waals surface area contributed by atoms with Crippen LogP contribution in [0, 0.1) is 5.41 Å². The Morgan fingerprint density at radius 2 is 2.00 bits per heavy atom. The van der Waals surface area contributed by atoms with Crippen molar-refractivity contribution in [3.05, 3.63) is 33.6 Å². The first-order valence-corrected chi connectivity index (χ1v) is 9.56. The molecule has 0 unspecified atom stereocenters. The molecule has 1 aromatic carbocycles. The highest BCUT2D eigenvalue weighted by molar-refractivity contribution is 9.10. The van der Waals surface area contributed by atoms with E-state index in [-0.39, 0.29) is 0 Å². The van der Waals surface area contributed by atoms with E-state index in [1.807, 2.05) is 11.3 Å². The molecule has 0 aliphatic rings. The van der Waals surface area contributed by atoms with E-state index in [2.05, 4.69) is 65.6 Å². The Bertz CT molecular complexity index is 574. The van der Waals surface area contributed by atoms with E-state index in [1.54, 1.807) is 0 Å². The summed E-state index contributed by atoms with van der Waals surface area (Å²) in [4.78, 5) is 0. The summed E-state index contributed by atoms with van der Waals surface area (Å²) in [5.74, 6) is 0. The minimum Gasteiger partial charge on any atom is -0.317 e. The summed E-state index contributed by atoms with van der Waals surface area (Å²) in [7, 11) is 0. The highest BCUT2D eigenvalue weighted by Crippen LogP contribution is 2.35. The van der Waals surface area contributed by atoms with Gasteiger partial charge in [-0.25, -0.2) is 0 Å². The van der Waals surface area contributed by atoms with Gasteiger partial charge in [0.15, 0.2) is 0 Å². The molecular formula is C18H26BrNS. The summed E-state index contributed by atoms with van der Waals surface area (Å²) in [5.41, 5.74) is 1.91. The fourth-order valence-electron chi connectivity index (χ4n) is 2.60. The molecule has 0 atom stereocenters. The number of hydrogen-bond donors (Lipinski definition) is 1. The van der Waals surface area contributed by atoms with Gasteiger partial charge in [0.25, 0.3) is 0 Å². The summed E-state index contributed by atoms with van der Waals surface area (Å²) in [5, 5.41) is 7.28. The molecule has 0 spiro atoms. The summed E-state index contributed by atoms with van der Waals surface area (Å²) in [6, 6.07) is 6.52. The Balaban J connectivity index is 1.93. The van der Waals surface area contributed by atoms with Crippen LogP contribution in [0.15, 0.2) is 28.1 Å². The molecule has 1 N–H and O–H groups in total. The zero-order valence-corrected chi connectivity index (χ0v) is 15.7. The first kappa shape index (κ1) is 17.0. The van der Waals surface area contributed by atoms with E-state index >= 15 is 0 Å². The second-order valence-electron chi connectivity index (χ2n) is 6.54. The standard InChI is InChI=1S/C18H26BrNS/c1-4-11-20-12-10-18(2,3)9-8-14-13-21-17-15(14)6-5-7-16(17)19/h5-7,13,20H,4,8-12H2,1-3H3. The predicted molar refractivity (Wildman–Crippen MR) is 99.4 cm³/mol. The maximum absolute atomic E-state index is 3.65. The van der Waals surface area contributed by atoms with Gasteiger partial charge >= 0.3 is 0 Å². The smallest absolute Gasteiger partial charge is 0.0487 e. The SMILES string of the molecule is CCCNCCC(C)(C)CCc1csc2c(Br)cccc12. The number of rotatable bonds is 8. The molecule has 2 rings (SSSR count). The van der Waals surface area contributed by atoms with Crippen molar-refractivity contribution in [2.45, 2.75) is 46.5 Å². The number of hydrogen-bond acceptors (Lipinski definition) is 2. The fourth-order valence-corrected chi connectivity index (χ4v) is 4.25. The van der Waals surface area contributed by atoms with Crippen LogP contribution >= 0.6 is 27.3 Å². The van der Waals surface area contributed by atoms with Crippen molar-refractivity contribution < 1.29 is 0 Å². The highest BCUT2D eigenvalue weighted by atomic mass is 79.9. The van der Waals surface area contributed by atoms with Crippen LogP contribution in [0.25, 0.3) is 10.1 Å². The first-order valence-electron chi connectivity index (χ1n) is 7.89. The van der Waals surface area contributed by atoms with E-state index in [0.717, 1.165) is 13.1 Å². The summed E-state index contributed by atoms with van der Waals surface area (Å²) < 4.78 is 2.61. The number of benzene rings is 1. The molecule has 0 amide bonds. The van der Waals surface area contributed by atoms with Gasteiger partial charge in [0.1, 0.15) is 0 Å². The second kappa shape index (κ2) is 7.75. The van der Waals surface area contributed by atoms with Gasteiger partial charge in [-0.2, -0.15) is 0 Å². The van der Waals surface area contributed by atoms with E-state index in [4.69, 9.17) is 0 Å². The fraction of sp³-hybridized carbons (Fsp3) is 0.556. The summed E-state index contributed by atoms with van der Waals surface area (Å²) in [6.45, 7) is 9.28. The molecule has 0 saturated carbocycles. The van der Waals surface area contributed by atoms with Crippen molar-refractivity contribution in [2.24, 2.45) is 5.41 Å². The molecule has 1 aromatic heterocycles. The molecule has 3 heteroatoms. The largest absolute Gasteiger partial charge is 0.317 e. The number of thiophene rings is 1. The van der Waals surface area contributed by atoms with Crippen molar-refractivity contribution >= 4 is 37.4 Å². The quantitative estimate of drug-likeness (QED) is 0.563. The minimum atomic E-state index is 0.404. The molecule has 116 valence electrons. The number of nitrogens with one attached hydrogen (secondary N) is 1. The van der Waals surface area contributed by atoms with Crippen LogP contribution in [-0.4, -0.2) is 13.1 Å². The maximum Gasteiger partial charge on any atom is 0.0487 e. The average Bonchev–Trinajstić information content (AvgIpc) is 2.86. The molecule has 1 nitrogen and oxygen atoms in total. The van der Waals surface area contributed by atoms with Crippen molar-refractivity contribution in [3.63, 3.8) is 0 Å². The molecule has 0 bridgehead atoms. The minimum absolute atomic E-state index is 0.404. The van der Waals surface area contributed by atoms with Crippen LogP contribution in [0.3, 0.4) is 0 Å². The molecule has 0 fully saturated rings. The Kier molecular flexibility index (Phi) is 6.27. The van der Waals surface area contributed by atoms with Crippen molar-refractivity contribution in [1.29, 1.82) is 0 Å². The monoisotopic (exact) mass is 367 g/mol. The molecular weight excluding hydrogens is 342 g/mol. The Morgan fingerprint density at radius 1 is 1.19 bits per heavy atom. The third-order valence-electron chi connectivity index (χ3n) is 4.11. The van der Waals surface area contributed by atoms with Gasteiger partial charge in [-0.15, -0.1) is 11.3 Å². The zero-order valence-electron chi connectivity index (χ0n) is 13.3. The lowest BCUT2D eigenvalue weighted by atomic mass is 9.83. The van der Waals surface area contributed by atoms with Crippen LogP contribution in [0.1, 0.15) is 45.6 Å². The molecule has 1 heterocycles. The third kappa shape index (κ3) is 4.80. The van der Waals surface area contributed by atoms with Crippen LogP contribution in [-0.2, 0) is 6.42 Å². The first-order chi connectivity index (χ1) is 10.0. The zero-order chi connectivity index (χ0) is 15.3. The second-order valence-corrected chi connectivity index (χ2v) is 8.28. The Morgan fingerprint density at radius 3 is 2.76 bits per heavy atom. The molecule has 0 aliphatic heterocycles. The van der Waals surface area contributed by atoms with Gasteiger partial charge in [-0.05, 0) is 82.5 Å². The number of halogens is 1. The van der Waals surface area contributed by atoms with E-state index in [9.17, 15) is 0 Å². The van der Waals surface area contributed by atoms with Gasteiger partial charge in [-0.3, -0.25) is 0 Å². The molecule has 0 radical (unpaired) electrons. The van der Waals surface area contributed by atoms with Gasteiger partial charge in [0.05, 0.1) is 0 Å². The van der Waals surface area contributed by atoms with Crippen molar-refractivity contribution in [2.75, 3.05) is 13.1 Å². The molecule has 2 aromatic rings. The predicted octanol–water partition coefficient (Wildman–Crippen LogP) is 6.01. The lowest BCUT2D eigenvalue weighted by Crippen LogP contribution is -2.23. The van der Waals surface area contributed by atoms with Crippen LogP contribution in [0.5, 0.6) is 0 Å². The average molecular weight is 368 g/mol. The highest BCUT2D eigenvalue weighted by Gasteiger charge is 2.18. The topological polar surface area (TPSA) is 12.0 Å². The Hall–Kier alpha value is -0.380. The number of aryl methyl sites for hydroxylation is 1. The van der Waals surface area contributed by atoms with Crippen molar-refractivity contribution in [1.82, 2.24) is 5.32 Å². The molecule has 0 aliphatic carbocycles. The van der Waals surface area contributed by atoms with Gasteiger partial charge in [0.2, 0.25) is 0 Å².